The molecular weight excluding hydrogens is 386 g/mol. The molecule has 1 atom stereocenters. The highest BCUT2D eigenvalue weighted by Gasteiger charge is 2.30. The van der Waals surface area contributed by atoms with E-state index in [0.29, 0.717) is 36.9 Å². The van der Waals surface area contributed by atoms with Crippen molar-refractivity contribution in [2.45, 2.75) is 45.9 Å². The van der Waals surface area contributed by atoms with E-state index < -0.39 is 11.7 Å². The van der Waals surface area contributed by atoms with E-state index in [4.69, 9.17) is 20.2 Å². The Hall–Kier alpha value is -3.14. The molecule has 1 saturated heterocycles. The van der Waals surface area contributed by atoms with Crippen LogP contribution in [0, 0.1) is 0 Å². The van der Waals surface area contributed by atoms with Crippen LogP contribution in [0.4, 0.5) is 10.6 Å². The standard InChI is InChI=1S/C20H27N7O3/c1-5-26-11-13(9-22-26)14-10-23-27-17(21)8-15(24-18(14)27)16-12-25(6-7-29-16)19(28)30-20(2,3)4/h8-11,16H,5-7,12,21H2,1-4H3. The first-order chi connectivity index (χ1) is 14.2. The third-order valence-electron chi connectivity index (χ3n) is 4.84. The zero-order chi connectivity index (χ0) is 21.5. The molecule has 160 valence electrons. The summed E-state index contributed by atoms with van der Waals surface area (Å²) in [5, 5.41) is 8.69. The maximum absolute atomic E-state index is 12.5. The van der Waals surface area contributed by atoms with Crippen LogP contribution < -0.4 is 5.73 Å². The molecule has 10 nitrogen and oxygen atoms in total. The zero-order valence-corrected chi connectivity index (χ0v) is 17.7. The molecule has 0 saturated carbocycles. The Morgan fingerprint density at radius 1 is 1.33 bits per heavy atom. The minimum atomic E-state index is -0.554. The third kappa shape index (κ3) is 3.95. The number of aromatic nitrogens is 5. The van der Waals surface area contributed by atoms with Crippen LogP contribution in [0.25, 0.3) is 16.8 Å². The van der Waals surface area contributed by atoms with Crippen LogP contribution in [0.5, 0.6) is 0 Å². The number of nitrogen functional groups attached to an aromatic ring is 1. The normalized spacial score (nSPS) is 17.5. The summed E-state index contributed by atoms with van der Waals surface area (Å²) >= 11 is 0. The minimum absolute atomic E-state index is 0.342. The number of amides is 1. The Morgan fingerprint density at radius 3 is 2.83 bits per heavy atom. The maximum atomic E-state index is 12.5. The SMILES string of the molecule is CCn1cc(-c2cnn3c(N)cc(C4CN(C(=O)OC(C)(C)C)CCO4)nc23)cn1. The molecule has 0 aromatic carbocycles. The van der Waals surface area contributed by atoms with E-state index in [-0.39, 0.29) is 6.09 Å². The second-order valence-corrected chi connectivity index (χ2v) is 8.27. The number of hydrogen-bond acceptors (Lipinski definition) is 7. The average Bonchev–Trinajstić information content (AvgIpc) is 3.33. The molecule has 0 bridgehead atoms. The van der Waals surface area contributed by atoms with Crippen molar-refractivity contribution in [1.82, 2.24) is 29.3 Å². The molecule has 0 radical (unpaired) electrons. The van der Waals surface area contributed by atoms with Crippen LogP contribution in [-0.4, -0.2) is 60.7 Å². The van der Waals surface area contributed by atoms with Crippen molar-refractivity contribution in [2.24, 2.45) is 0 Å². The first-order valence-electron chi connectivity index (χ1n) is 10.0. The van der Waals surface area contributed by atoms with Gasteiger partial charge >= 0.3 is 6.09 Å². The predicted molar refractivity (Wildman–Crippen MR) is 111 cm³/mol. The van der Waals surface area contributed by atoms with E-state index in [0.717, 1.165) is 17.7 Å². The highest BCUT2D eigenvalue weighted by molar-refractivity contribution is 5.77. The maximum Gasteiger partial charge on any atom is 0.410 e. The van der Waals surface area contributed by atoms with E-state index in [9.17, 15) is 4.79 Å². The Balaban J connectivity index is 1.64. The second-order valence-electron chi connectivity index (χ2n) is 8.27. The summed E-state index contributed by atoms with van der Waals surface area (Å²) in [4.78, 5) is 18.9. The smallest absolute Gasteiger partial charge is 0.410 e. The van der Waals surface area contributed by atoms with Gasteiger partial charge in [-0.05, 0) is 27.7 Å². The first-order valence-corrected chi connectivity index (χ1v) is 10.0. The Bertz CT molecular complexity index is 1070. The third-order valence-corrected chi connectivity index (χ3v) is 4.84. The molecule has 2 N–H and O–H groups in total. The summed E-state index contributed by atoms with van der Waals surface area (Å²) in [6.07, 6.45) is 4.70. The summed E-state index contributed by atoms with van der Waals surface area (Å²) in [5.74, 6) is 0.446. The number of carbonyl (C=O) groups is 1. The molecule has 1 unspecified atom stereocenters. The lowest BCUT2D eigenvalue weighted by molar-refractivity contribution is -0.0446. The molecule has 3 aromatic heterocycles. The number of aryl methyl sites for hydroxylation is 1. The largest absolute Gasteiger partial charge is 0.444 e. The fourth-order valence-corrected chi connectivity index (χ4v) is 3.37. The van der Waals surface area contributed by atoms with Gasteiger partial charge in [0.1, 0.15) is 17.5 Å². The fourth-order valence-electron chi connectivity index (χ4n) is 3.37. The molecule has 1 aliphatic rings. The molecule has 30 heavy (non-hydrogen) atoms. The van der Waals surface area contributed by atoms with Crippen LogP contribution in [0.15, 0.2) is 24.7 Å². The summed E-state index contributed by atoms with van der Waals surface area (Å²) in [6, 6.07) is 1.74. The van der Waals surface area contributed by atoms with Gasteiger partial charge in [0.05, 0.1) is 31.2 Å². The molecular formula is C20H27N7O3. The molecule has 1 aliphatic heterocycles. The predicted octanol–water partition coefficient (Wildman–Crippen LogP) is 2.50. The molecule has 3 aromatic rings. The summed E-state index contributed by atoms with van der Waals surface area (Å²) < 4.78 is 14.8. The number of morpholine rings is 1. The van der Waals surface area contributed by atoms with Crippen molar-refractivity contribution in [2.75, 3.05) is 25.4 Å². The van der Waals surface area contributed by atoms with Gasteiger partial charge in [0, 0.05) is 36.5 Å². The molecule has 4 heterocycles. The lowest BCUT2D eigenvalue weighted by atomic mass is 10.1. The molecule has 4 rings (SSSR count). The number of carbonyl (C=O) groups excluding carboxylic acids is 1. The Labute approximate surface area is 174 Å². The number of nitrogens with zero attached hydrogens (tertiary/aromatic N) is 6. The molecule has 1 fully saturated rings. The van der Waals surface area contributed by atoms with Crippen molar-refractivity contribution in [1.29, 1.82) is 0 Å². The van der Waals surface area contributed by atoms with Crippen LogP contribution >= 0.6 is 0 Å². The second kappa shape index (κ2) is 7.60. The molecule has 1 amide bonds. The van der Waals surface area contributed by atoms with Crippen molar-refractivity contribution in [3.63, 3.8) is 0 Å². The molecule has 10 heteroatoms. The van der Waals surface area contributed by atoms with Crippen LogP contribution in [0.1, 0.15) is 39.5 Å². The number of hydrogen-bond donors (Lipinski definition) is 1. The summed E-state index contributed by atoms with van der Waals surface area (Å²) in [6.45, 7) is 9.55. The van der Waals surface area contributed by atoms with Gasteiger partial charge in [-0.3, -0.25) is 4.68 Å². The van der Waals surface area contributed by atoms with Gasteiger partial charge < -0.3 is 20.1 Å². The van der Waals surface area contributed by atoms with E-state index in [1.165, 1.54) is 0 Å². The number of rotatable bonds is 3. The van der Waals surface area contributed by atoms with Crippen molar-refractivity contribution in [3.05, 3.63) is 30.4 Å². The van der Waals surface area contributed by atoms with Gasteiger partial charge in [0.25, 0.3) is 0 Å². The number of ether oxygens (including phenoxy) is 2. The van der Waals surface area contributed by atoms with Gasteiger partial charge in [0.15, 0.2) is 5.65 Å². The first kappa shape index (κ1) is 20.1. The topological polar surface area (TPSA) is 113 Å². The van der Waals surface area contributed by atoms with Crippen LogP contribution in [0.3, 0.4) is 0 Å². The van der Waals surface area contributed by atoms with Gasteiger partial charge in [-0.2, -0.15) is 14.7 Å². The molecule has 0 aliphatic carbocycles. The summed E-state index contributed by atoms with van der Waals surface area (Å²) in [7, 11) is 0. The molecule has 0 spiro atoms. The van der Waals surface area contributed by atoms with E-state index in [1.54, 1.807) is 27.9 Å². The zero-order valence-electron chi connectivity index (χ0n) is 17.7. The number of fused-ring (bicyclic) bond motifs is 1. The Kier molecular flexibility index (Phi) is 5.10. The minimum Gasteiger partial charge on any atom is -0.444 e. The van der Waals surface area contributed by atoms with E-state index in [1.807, 2.05) is 38.6 Å². The van der Waals surface area contributed by atoms with Crippen LogP contribution in [0.2, 0.25) is 0 Å². The quantitative estimate of drug-likeness (QED) is 0.702. The lowest BCUT2D eigenvalue weighted by Crippen LogP contribution is -2.44. The fraction of sp³-hybridized carbons (Fsp3) is 0.500. The van der Waals surface area contributed by atoms with Crippen LogP contribution in [-0.2, 0) is 16.0 Å². The van der Waals surface area contributed by atoms with Gasteiger partial charge in [-0.25, -0.2) is 9.78 Å². The number of nitrogens with two attached hydrogens (primary N) is 1. The van der Waals surface area contributed by atoms with E-state index in [2.05, 4.69) is 10.2 Å². The van der Waals surface area contributed by atoms with Crippen molar-refractivity contribution in [3.8, 4) is 11.1 Å². The van der Waals surface area contributed by atoms with Gasteiger partial charge in [-0.1, -0.05) is 0 Å². The monoisotopic (exact) mass is 413 g/mol. The number of anilines is 1. The van der Waals surface area contributed by atoms with E-state index >= 15 is 0 Å². The van der Waals surface area contributed by atoms with Crippen molar-refractivity contribution < 1.29 is 14.3 Å². The average molecular weight is 413 g/mol. The highest BCUT2D eigenvalue weighted by atomic mass is 16.6. The van der Waals surface area contributed by atoms with Crippen molar-refractivity contribution >= 4 is 17.6 Å². The van der Waals surface area contributed by atoms with Gasteiger partial charge in [-0.15, -0.1) is 0 Å². The highest BCUT2D eigenvalue weighted by Crippen LogP contribution is 2.28. The lowest BCUT2D eigenvalue weighted by Gasteiger charge is -2.34. The summed E-state index contributed by atoms with van der Waals surface area (Å²) in [5.41, 5.74) is 8.71. The Morgan fingerprint density at radius 2 is 2.13 bits per heavy atom. The van der Waals surface area contributed by atoms with Gasteiger partial charge in [0.2, 0.25) is 0 Å².